The van der Waals surface area contributed by atoms with E-state index in [1.807, 2.05) is 32.0 Å². The molecule has 0 unspecified atom stereocenters. The largest absolute Gasteiger partial charge is 0.492 e. The summed E-state index contributed by atoms with van der Waals surface area (Å²) < 4.78 is 11.1. The number of hydrazine groups is 1. The van der Waals surface area contributed by atoms with Crippen molar-refractivity contribution in [3.05, 3.63) is 58.1 Å². The Morgan fingerprint density at radius 3 is 2.63 bits per heavy atom. The Hall–Kier alpha value is -2.73. The lowest BCUT2D eigenvalue weighted by atomic mass is 9.96. The summed E-state index contributed by atoms with van der Waals surface area (Å²) in [7, 11) is 0. The van der Waals surface area contributed by atoms with Crippen LogP contribution in [0.4, 0.5) is 0 Å². The lowest BCUT2D eigenvalue weighted by Gasteiger charge is -2.24. The Bertz CT molecular complexity index is 849. The molecule has 142 valence electrons. The van der Waals surface area contributed by atoms with Gasteiger partial charge in [0.05, 0.1) is 5.92 Å². The molecule has 7 heteroatoms. The van der Waals surface area contributed by atoms with Gasteiger partial charge in [0, 0.05) is 5.02 Å². The fourth-order valence-corrected chi connectivity index (χ4v) is 3.16. The summed E-state index contributed by atoms with van der Waals surface area (Å²) in [5, 5.41) is 0.593. The molecule has 2 N–H and O–H groups in total. The van der Waals surface area contributed by atoms with Crippen LogP contribution < -0.4 is 20.3 Å². The lowest BCUT2D eigenvalue weighted by molar-refractivity contribution is -0.132. The molecule has 0 saturated carbocycles. The van der Waals surface area contributed by atoms with E-state index in [1.165, 1.54) is 0 Å². The standard InChI is InChI=1S/C20H21ClN2O4/c1-12-5-13(2)7-17(6-12)26-11-19(24)22-23-20(25)15-8-14-9-16(21)3-4-18(14)27-10-15/h3-7,9,15H,8,10-11H2,1-2H3,(H,22,24)(H,23,25)/t15-/m1/s1. The SMILES string of the molecule is Cc1cc(C)cc(OCC(=O)NNC(=O)[C@H]2COc3ccc(Cl)cc3C2)c1. The molecule has 0 spiro atoms. The molecule has 2 aromatic carbocycles. The highest BCUT2D eigenvalue weighted by Gasteiger charge is 2.26. The van der Waals surface area contributed by atoms with Crippen molar-refractivity contribution in [1.82, 2.24) is 10.9 Å². The van der Waals surface area contributed by atoms with Gasteiger partial charge in [-0.15, -0.1) is 0 Å². The Morgan fingerprint density at radius 2 is 1.89 bits per heavy atom. The molecule has 0 aromatic heterocycles. The fraction of sp³-hybridized carbons (Fsp3) is 0.300. The van der Waals surface area contributed by atoms with Crippen molar-refractivity contribution in [1.29, 1.82) is 0 Å². The molecule has 0 bridgehead atoms. The van der Waals surface area contributed by atoms with Gasteiger partial charge in [0.25, 0.3) is 5.91 Å². The number of carbonyl (C=O) groups excluding carboxylic acids is 2. The zero-order valence-electron chi connectivity index (χ0n) is 15.2. The third-order valence-corrected chi connectivity index (χ3v) is 4.43. The average Bonchev–Trinajstić information content (AvgIpc) is 2.63. The molecule has 1 atom stereocenters. The van der Waals surface area contributed by atoms with Crippen molar-refractivity contribution >= 4 is 23.4 Å². The quantitative estimate of drug-likeness (QED) is 0.789. The van der Waals surface area contributed by atoms with Crippen LogP contribution in [0.2, 0.25) is 5.02 Å². The molecule has 0 fully saturated rings. The first-order valence-electron chi connectivity index (χ1n) is 8.62. The van der Waals surface area contributed by atoms with Gasteiger partial charge in [-0.25, -0.2) is 0 Å². The number of ether oxygens (including phenoxy) is 2. The van der Waals surface area contributed by atoms with Crippen LogP contribution in [0.15, 0.2) is 36.4 Å². The summed E-state index contributed by atoms with van der Waals surface area (Å²) in [4.78, 5) is 24.2. The monoisotopic (exact) mass is 388 g/mol. The molecule has 1 aliphatic heterocycles. The maximum Gasteiger partial charge on any atom is 0.276 e. The minimum Gasteiger partial charge on any atom is -0.492 e. The molecular formula is C20H21ClN2O4. The third-order valence-electron chi connectivity index (χ3n) is 4.19. The smallest absolute Gasteiger partial charge is 0.276 e. The Kier molecular flexibility index (Phi) is 5.86. The maximum atomic E-state index is 12.3. The number of aryl methyl sites for hydroxylation is 2. The van der Waals surface area contributed by atoms with Gasteiger partial charge in [-0.2, -0.15) is 0 Å². The van der Waals surface area contributed by atoms with Gasteiger partial charge < -0.3 is 9.47 Å². The first-order valence-corrected chi connectivity index (χ1v) is 8.99. The van der Waals surface area contributed by atoms with E-state index in [-0.39, 0.29) is 19.1 Å². The van der Waals surface area contributed by atoms with E-state index >= 15 is 0 Å². The molecule has 6 nitrogen and oxygen atoms in total. The van der Waals surface area contributed by atoms with Crippen LogP contribution in [0.5, 0.6) is 11.5 Å². The molecule has 3 rings (SSSR count). The van der Waals surface area contributed by atoms with E-state index in [0.717, 1.165) is 22.4 Å². The van der Waals surface area contributed by atoms with Crippen LogP contribution in [-0.2, 0) is 16.0 Å². The molecule has 27 heavy (non-hydrogen) atoms. The maximum absolute atomic E-state index is 12.3. The van der Waals surface area contributed by atoms with E-state index in [1.54, 1.807) is 18.2 Å². The molecule has 1 heterocycles. The lowest BCUT2D eigenvalue weighted by Crippen LogP contribution is -2.48. The first kappa shape index (κ1) is 19.0. The second kappa shape index (κ2) is 8.31. The molecule has 0 aliphatic carbocycles. The van der Waals surface area contributed by atoms with E-state index in [9.17, 15) is 9.59 Å². The summed E-state index contributed by atoms with van der Waals surface area (Å²) in [6, 6.07) is 11.0. The number of carbonyl (C=O) groups is 2. The first-order chi connectivity index (χ1) is 12.9. The van der Waals surface area contributed by atoms with Crippen molar-refractivity contribution in [2.24, 2.45) is 5.92 Å². The van der Waals surface area contributed by atoms with Crippen molar-refractivity contribution < 1.29 is 19.1 Å². The van der Waals surface area contributed by atoms with Crippen molar-refractivity contribution in [3.8, 4) is 11.5 Å². The average molecular weight is 389 g/mol. The fourth-order valence-electron chi connectivity index (χ4n) is 2.97. The highest BCUT2D eigenvalue weighted by atomic mass is 35.5. The number of nitrogens with one attached hydrogen (secondary N) is 2. The number of amides is 2. The van der Waals surface area contributed by atoms with Crippen molar-refractivity contribution in [3.63, 3.8) is 0 Å². The van der Waals surface area contributed by atoms with Crippen LogP contribution >= 0.6 is 11.6 Å². The van der Waals surface area contributed by atoms with Crippen LogP contribution in [0.25, 0.3) is 0 Å². The zero-order valence-corrected chi connectivity index (χ0v) is 15.9. The molecule has 2 amide bonds. The zero-order chi connectivity index (χ0) is 19.4. The van der Waals surface area contributed by atoms with Gasteiger partial charge in [0.1, 0.15) is 18.1 Å². The van der Waals surface area contributed by atoms with E-state index in [4.69, 9.17) is 21.1 Å². The summed E-state index contributed by atoms with van der Waals surface area (Å²) in [6.45, 7) is 3.97. The number of hydrogen-bond donors (Lipinski definition) is 2. The summed E-state index contributed by atoms with van der Waals surface area (Å²) in [6.07, 6.45) is 0.497. The van der Waals surface area contributed by atoms with Gasteiger partial charge in [0.2, 0.25) is 5.91 Å². The van der Waals surface area contributed by atoms with Crippen LogP contribution in [0.3, 0.4) is 0 Å². The van der Waals surface area contributed by atoms with Crippen molar-refractivity contribution in [2.75, 3.05) is 13.2 Å². The van der Waals surface area contributed by atoms with Gasteiger partial charge in [-0.05, 0) is 67.3 Å². The summed E-state index contributed by atoms with van der Waals surface area (Å²) in [5.74, 6) is 0.178. The predicted molar refractivity (Wildman–Crippen MR) is 102 cm³/mol. The van der Waals surface area contributed by atoms with Crippen LogP contribution in [0, 0.1) is 19.8 Å². The van der Waals surface area contributed by atoms with Crippen LogP contribution in [0.1, 0.15) is 16.7 Å². The Labute approximate surface area is 162 Å². The number of fused-ring (bicyclic) bond motifs is 1. The van der Waals surface area contributed by atoms with Gasteiger partial charge in [-0.3, -0.25) is 20.4 Å². The third kappa shape index (κ3) is 5.14. The van der Waals surface area contributed by atoms with Crippen LogP contribution in [-0.4, -0.2) is 25.0 Å². The second-order valence-corrected chi connectivity index (χ2v) is 7.05. The summed E-state index contributed by atoms with van der Waals surface area (Å²) in [5.41, 5.74) is 7.77. The molecular weight excluding hydrogens is 368 g/mol. The Balaban J connectivity index is 1.47. The topological polar surface area (TPSA) is 76.7 Å². The highest BCUT2D eigenvalue weighted by Crippen LogP contribution is 2.29. The second-order valence-electron chi connectivity index (χ2n) is 6.61. The van der Waals surface area contributed by atoms with E-state index < -0.39 is 11.8 Å². The van der Waals surface area contributed by atoms with Gasteiger partial charge in [0.15, 0.2) is 6.61 Å². The van der Waals surface area contributed by atoms with Crippen molar-refractivity contribution in [2.45, 2.75) is 20.3 Å². The van der Waals surface area contributed by atoms with E-state index in [0.29, 0.717) is 17.2 Å². The summed E-state index contributed by atoms with van der Waals surface area (Å²) >= 11 is 5.98. The molecule has 0 radical (unpaired) electrons. The molecule has 1 aliphatic rings. The number of benzene rings is 2. The number of halogens is 1. The Morgan fingerprint density at radius 1 is 1.15 bits per heavy atom. The van der Waals surface area contributed by atoms with Gasteiger partial charge in [-0.1, -0.05) is 17.7 Å². The highest BCUT2D eigenvalue weighted by molar-refractivity contribution is 6.30. The minimum absolute atomic E-state index is 0.192. The molecule has 0 saturated heterocycles. The predicted octanol–water partition coefficient (Wildman–Crippen LogP) is 2.73. The normalized spacial score (nSPS) is 15.3. The minimum atomic E-state index is -0.442. The van der Waals surface area contributed by atoms with Gasteiger partial charge >= 0.3 is 0 Å². The number of hydrogen-bond acceptors (Lipinski definition) is 4. The molecule has 2 aromatic rings. The number of rotatable bonds is 4. The van der Waals surface area contributed by atoms with E-state index in [2.05, 4.69) is 10.9 Å².